The van der Waals surface area contributed by atoms with Crippen molar-refractivity contribution in [2.75, 3.05) is 5.32 Å². The molecule has 0 fully saturated rings. The first-order valence-corrected chi connectivity index (χ1v) is 6.55. The number of nitrogens with zero attached hydrogens (tertiary/aromatic N) is 1. The highest BCUT2D eigenvalue weighted by molar-refractivity contribution is 7.14. The fraction of sp³-hybridized carbons (Fsp3) is 0.154. The van der Waals surface area contributed by atoms with Gasteiger partial charge in [-0.3, -0.25) is 9.59 Å². The van der Waals surface area contributed by atoms with Gasteiger partial charge >= 0.3 is 5.97 Å². The summed E-state index contributed by atoms with van der Waals surface area (Å²) in [5.41, 5.74) is 0.780. The molecule has 2 aromatic rings. The predicted octanol–water partition coefficient (Wildman–Crippen LogP) is 2.83. The number of thiazole rings is 1. The molecule has 0 unspecified atom stereocenters. The fourth-order valence-corrected chi connectivity index (χ4v) is 2.31. The third-order valence-electron chi connectivity index (χ3n) is 2.26. The summed E-state index contributed by atoms with van der Waals surface area (Å²) < 4.78 is 18.4. The van der Waals surface area contributed by atoms with E-state index in [-0.39, 0.29) is 11.7 Å². The lowest BCUT2D eigenvalue weighted by molar-refractivity contribution is -0.131. The fourth-order valence-electron chi connectivity index (χ4n) is 1.55. The number of rotatable bonds is 3. The van der Waals surface area contributed by atoms with Crippen LogP contribution in [0.25, 0.3) is 11.3 Å². The number of hydrogen-bond donors (Lipinski definition) is 1. The molecule has 1 amide bonds. The van der Waals surface area contributed by atoms with E-state index >= 15 is 0 Å². The molecule has 1 aromatic heterocycles. The second-order valence-corrected chi connectivity index (χ2v) is 4.81. The number of aromatic nitrogens is 1. The Balaban J connectivity index is 2.39. The lowest BCUT2D eigenvalue weighted by atomic mass is 10.1. The number of benzene rings is 1. The average molecular weight is 294 g/mol. The zero-order valence-corrected chi connectivity index (χ0v) is 11.6. The van der Waals surface area contributed by atoms with Crippen LogP contribution in [0.1, 0.15) is 13.8 Å². The first-order chi connectivity index (χ1) is 9.45. The zero-order valence-electron chi connectivity index (χ0n) is 10.8. The first-order valence-electron chi connectivity index (χ1n) is 5.67. The molecule has 0 spiro atoms. The summed E-state index contributed by atoms with van der Waals surface area (Å²) in [5.74, 6) is -0.996. The Kier molecular flexibility index (Phi) is 4.09. The number of carbonyl (C=O) groups excluding carboxylic acids is 2. The van der Waals surface area contributed by atoms with Gasteiger partial charge < -0.3 is 10.1 Å². The highest BCUT2D eigenvalue weighted by Gasteiger charge is 2.13. The maximum Gasteiger partial charge on any atom is 0.308 e. The third kappa shape index (κ3) is 3.39. The Labute approximate surface area is 118 Å². The molecular weight excluding hydrogens is 283 g/mol. The average Bonchev–Trinajstić information content (AvgIpc) is 2.78. The quantitative estimate of drug-likeness (QED) is 0.698. The molecule has 20 heavy (non-hydrogen) atoms. The summed E-state index contributed by atoms with van der Waals surface area (Å²) in [4.78, 5) is 26.2. The van der Waals surface area contributed by atoms with Crippen LogP contribution < -0.4 is 10.1 Å². The summed E-state index contributed by atoms with van der Waals surface area (Å²) in [7, 11) is 0. The summed E-state index contributed by atoms with van der Waals surface area (Å²) >= 11 is 1.20. The maximum atomic E-state index is 13.4. The molecule has 0 aliphatic rings. The van der Waals surface area contributed by atoms with Gasteiger partial charge in [0.15, 0.2) is 5.13 Å². The minimum Gasteiger partial charge on any atom is -0.426 e. The van der Waals surface area contributed by atoms with E-state index in [1.807, 2.05) is 0 Å². The molecule has 5 nitrogen and oxygen atoms in total. The second-order valence-electron chi connectivity index (χ2n) is 3.95. The zero-order chi connectivity index (χ0) is 14.7. The predicted molar refractivity (Wildman–Crippen MR) is 73.1 cm³/mol. The van der Waals surface area contributed by atoms with E-state index in [0.717, 1.165) is 0 Å². The molecule has 1 N–H and O–H groups in total. The standard InChI is InChI=1S/C13H11FN2O3S/c1-7(17)15-13-16-11(6-20-13)10-5-9(14)3-4-12(10)19-8(2)18/h3-6H,1-2H3,(H,15,16,17). The highest BCUT2D eigenvalue weighted by Crippen LogP contribution is 2.33. The van der Waals surface area contributed by atoms with Crippen LogP contribution in [0.2, 0.25) is 0 Å². The first kappa shape index (κ1) is 14.1. The van der Waals surface area contributed by atoms with E-state index in [2.05, 4.69) is 10.3 Å². The van der Waals surface area contributed by atoms with E-state index in [4.69, 9.17) is 4.74 Å². The molecule has 0 aliphatic heterocycles. The van der Waals surface area contributed by atoms with E-state index in [1.54, 1.807) is 5.38 Å². The Bertz CT molecular complexity index is 669. The number of ether oxygens (including phenoxy) is 1. The van der Waals surface area contributed by atoms with Crippen molar-refractivity contribution in [2.24, 2.45) is 0 Å². The van der Waals surface area contributed by atoms with Gasteiger partial charge in [-0.05, 0) is 18.2 Å². The molecule has 0 saturated heterocycles. The largest absolute Gasteiger partial charge is 0.426 e. The van der Waals surface area contributed by atoms with Crippen LogP contribution in [0.3, 0.4) is 0 Å². The molecule has 0 saturated carbocycles. The Morgan fingerprint density at radius 2 is 2.10 bits per heavy atom. The van der Waals surface area contributed by atoms with E-state index in [9.17, 15) is 14.0 Å². The van der Waals surface area contributed by atoms with Gasteiger partial charge in [-0.25, -0.2) is 9.37 Å². The van der Waals surface area contributed by atoms with Gasteiger partial charge in [-0.1, -0.05) is 0 Å². The second kappa shape index (κ2) is 5.79. The number of carbonyl (C=O) groups is 2. The third-order valence-corrected chi connectivity index (χ3v) is 3.02. The van der Waals surface area contributed by atoms with Crippen molar-refractivity contribution in [1.29, 1.82) is 0 Å². The number of anilines is 1. The van der Waals surface area contributed by atoms with Crippen LogP contribution in [0.15, 0.2) is 23.6 Å². The minimum atomic E-state index is -0.504. The lowest BCUT2D eigenvalue weighted by Crippen LogP contribution is -2.05. The molecule has 7 heteroatoms. The van der Waals surface area contributed by atoms with Gasteiger partial charge in [0.2, 0.25) is 5.91 Å². The van der Waals surface area contributed by atoms with E-state index < -0.39 is 11.8 Å². The van der Waals surface area contributed by atoms with Crippen LogP contribution in [0.5, 0.6) is 5.75 Å². The van der Waals surface area contributed by atoms with Crippen LogP contribution >= 0.6 is 11.3 Å². The highest BCUT2D eigenvalue weighted by atomic mass is 32.1. The van der Waals surface area contributed by atoms with E-state index in [0.29, 0.717) is 16.4 Å². The van der Waals surface area contributed by atoms with Crippen molar-refractivity contribution in [2.45, 2.75) is 13.8 Å². The number of amides is 1. The molecule has 104 valence electrons. The van der Waals surface area contributed by atoms with Crippen LogP contribution in [-0.2, 0) is 9.59 Å². The molecule has 0 bridgehead atoms. The monoisotopic (exact) mass is 294 g/mol. The normalized spacial score (nSPS) is 10.2. The SMILES string of the molecule is CC(=O)Nc1nc(-c2cc(F)ccc2OC(C)=O)cs1. The number of halogens is 1. The van der Waals surface area contributed by atoms with Crippen molar-refractivity contribution < 1.29 is 18.7 Å². The van der Waals surface area contributed by atoms with Gasteiger partial charge in [0.25, 0.3) is 0 Å². The van der Waals surface area contributed by atoms with Gasteiger partial charge in [0, 0.05) is 24.8 Å². The summed E-state index contributed by atoms with van der Waals surface area (Å²) in [6.45, 7) is 2.63. The smallest absolute Gasteiger partial charge is 0.308 e. The van der Waals surface area contributed by atoms with Crippen LogP contribution in [0.4, 0.5) is 9.52 Å². The topological polar surface area (TPSA) is 68.3 Å². The maximum absolute atomic E-state index is 13.4. The molecule has 0 radical (unpaired) electrons. The molecule has 1 heterocycles. The Morgan fingerprint density at radius 1 is 1.35 bits per heavy atom. The number of nitrogens with one attached hydrogen (secondary N) is 1. The van der Waals surface area contributed by atoms with Gasteiger partial charge in [-0.2, -0.15) is 0 Å². The lowest BCUT2D eigenvalue weighted by Gasteiger charge is -2.06. The summed E-state index contributed by atoms with van der Waals surface area (Å²) in [5, 5.41) is 4.58. The van der Waals surface area contributed by atoms with Gasteiger partial charge in [0.1, 0.15) is 11.6 Å². The molecule has 0 atom stereocenters. The molecule has 1 aromatic carbocycles. The van der Waals surface area contributed by atoms with Crippen molar-refractivity contribution in [3.8, 4) is 17.0 Å². The molecular formula is C13H11FN2O3S. The van der Waals surface area contributed by atoms with Crippen LogP contribution in [-0.4, -0.2) is 16.9 Å². The van der Waals surface area contributed by atoms with Crippen molar-refractivity contribution in [3.63, 3.8) is 0 Å². The van der Waals surface area contributed by atoms with Crippen molar-refractivity contribution in [3.05, 3.63) is 29.4 Å². The minimum absolute atomic E-state index is 0.221. The Hall–Kier alpha value is -2.28. The number of esters is 1. The summed E-state index contributed by atoms with van der Waals surface area (Å²) in [6, 6.07) is 3.79. The number of hydrogen-bond acceptors (Lipinski definition) is 5. The van der Waals surface area contributed by atoms with Crippen LogP contribution in [0, 0.1) is 5.82 Å². The van der Waals surface area contributed by atoms with Crippen molar-refractivity contribution >= 4 is 28.3 Å². The van der Waals surface area contributed by atoms with E-state index in [1.165, 1.54) is 43.4 Å². The van der Waals surface area contributed by atoms with Gasteiger partial charge in [0.05, 0.1) is 5.69 Å². The Morgan fingerprint density at radius 3 is 2.75 bits per heavy atom. The molecule has 0 aliphatic carbocycles. The molecule has 2 rings (SSSR count). The van der Waals surface area contributed by atoms with Gasteiger partial charge in [-0.15, -0.1) is 11.3 Å². The summed E-state index contributed by atoms with van der Waals surface area (Å²) in [6.07, 6.45) is 0. The van der Waals surface area contributed by atoms with Crippen molar-refractivity contribution in [1.82, 2.24) is 4.98 Å².